The number of carbonyl (C=O) groups is 1. The van der Waals surface area contributed by atoms with Crippen LogP contribution in [0.15, 0.2) is 53.1 Å². The Bertz CT molecular complexity index is 1040. The number of aromatic nitrogens is 2. The van der Waals surface area contributed by atoms with Crippen LogP contribution in [-0.4, -0.2) is 41.1 Å². The summed E-state index contributed by atoms with van der Waals surface area (Å²) in [6.07, 6.45) is -4.46. The summed E-state index contributed by atoms with van der Waals surface area (Å²) in [5, 5.41) is 6.55. The van der Waals surface area contributed by atoms with E-state index in [1.165, 1.54) is 19.2 Å². The molecule has 7 nitrogen and oxygen atoms in total. The van der Waals surface area contributed by atoms with Gasteiger partial charge in [0.05, 0.1) is 31.5 Å². The number of hydrogen-bond donors (Lipinski definition) is 1. The number of hydrogen-bond acceptors (Lipinski definition) is 6. The Kier molecular flexibility index (Phi) is 6.91. The molecule has 3 rings (SSSR count). The lowest BCUT2D eigenvalue weighted by molar-refractivity contribution is -0.137. The van der Waals surface area contributed by atoms with Crippen LogP contribution in [0.2, 0.25) is 0 Å². The number of rotatable bonds is 8. The molecular formula is C21H21F3N4O3. The minimum atomic E-state index is -4.46. The Morgan fingerprint density at radius 2 is 1.97 bits per heavy atom. The van der Waals surface area contributed by atoms with Crippen molar-refractivity contribution in [3.63, 3.8) is 0 Å². The molecule has 0 saturated heterocycles. The van der Waals surface area contributed by atoms with Crippen molar-refractivity contribution < 1.29 is 27.2 Å². The lowest BCUT2D eigenvalue weighted by atomic mass is 10.1. The molecule has 0 saturated carbocycles. The maximum atomic E-state index is 12.9. The van der Waals surface area contributed by atoms with Gasteiger partial charge in [-0.1, -0.05) is 36.3 Å². The first-order valence-corrected chi connectivity index (χ1v) is 9.45. The van der Waals surface area contributed by atoms with Gasteiger partial charge >= 0.3 is 6.18 Å². The number of ether oxygens (including phenoxy) is 1. The first-order chi connectivity index (χ1) is 14.8. The minimum Gasteiger partial charge on any atom is -0.495 e. The third-order valence-corrected chi connectivity index (χ3v) is 4.47. The monoisotopic (exact) mass is 434 g/mol. The van der Waals surface area contributed by atoms with Crippen LogP contribution in [0.1, 0.15) is 18.4 Å². The highest BCUT2D eigenvalue weighted by molar-refractivity contribution is 5.93. The number of amides is 1. The average Bonchev–Trinajstić information content (AvgIpc) is 3.21. The fourth-order valence-corrected chi connectivity index (χ4v) is 2.88. The topological polar surface area (TPSA) is 80.5 Å². The summed E-state index contributed by atoms with van der Waals surface area (Å²) in [4.78, 5) is 18.3. The quantitative estimate of drug-likeness (QED) is 0.572. The third-order valence-electron chi connectivity index (χ3n) is 4.47. The van der Waals surface area contributed by atoms with Crippen LogP contribution < -0.4 is 10.1 Å². The number of nitrogens with zero attached hydrogens (tertiary/aromatic N) is 3. The highest BCUT2D eigenvalue weighted by Gasteiger charge is 2.30. The molecule has 0 aliphatic heterocycles. The Balaban J connectivity index is 1.65. The van der Waals surface area contributed by atoms with Crippen LogP contribution >= 0.6 is 0 Å². The zero-order valence-electron chi connectivity index (χ0n) is 16.9. The second kappa shape index (κ2) is 9.61. The molecule has 1 heterocycles. The van der Waals surface area contributed by atoms with E-state index in [1.807, 2.05) is 6.92 Å². The Morgan fingerprint density at radius 1 is 1.19 bits per heavy atom. The molecule has 3 aromatic rings. The van der Waals surface area contributed by atoms with E-state index in [9.17, 15) is 18.0 Å². The summed E-state index contributed by atoms with van der Waals surface area (Å²) in [6.45, 7) is 2.60. The molecule has 2 aromatic carbocycles. The fraction of sp³-hybridized carbons (Fsp3) is 0.286. The van der Waals surface area contributed by atoms with Crippen molar-refractivity contribution in [3.8, 4) is 17.1 Å². The number of carbonyl (C=O) groups excluding carboxylic acids is 1. The van der Waals surface area contributed by atoms with Crippen molar-refractivity contribution in [3.05, 3.63) is 60.0 Å². The van der Waals surface area contributed by atoms with Gasteiger partial charge in [0.15, 0.2) is 0 Å². The van der Waals surface area contributed by atoms with E-state index in [0.717, 1.165) is 12.1 Å². The van der Waals surface area contributed by atoms with Crippen molar-refractivity contribution in [2.75, 3.05) is 25.5 Å². The molecular weight excluding hydrogens is 413 g/mol. The number of para-hydroxylation sites is 2. The van der Waals surface area contributed by atoms with Crippen LogP contribution in [-0.2, 0) is 17.5 Å². The molecule has 31 heavy (non-hydrogen) atoms. The van der Waals surface area contributed by atoms with Gasteiger partial charge in [-0.3, -0.25) is 9.69 Å². The van der Waals surface area contributed by atoms with Crippen molar-refractivity contribution in [2.24, 2.45) is 0 Å². The van der Waals surface area contributed by atoms with Gasteiger partial charge in [-0.2, -0.15) is 18.2 Å². The van der Waals surface area contributed by atoms with E-state index < -0.39 is 11.7 Å². The number of likely N-dealkylation sites (N-methyl/N-ethyl adjacent to an activating group) is 1. The molecule has 0 bridgehead atoms. The Morgan fingerprint density at radius 3 is 2.68 bits per heavy atom. The van der Waals surface area contributed by atoms with E-state index in [1.54, 1.807) is 29.2 Å². The molecule has 10 heteroatoms. The molecule has 1 N–H and O–H groups in total. The molecule has 0 aliphatic rings. The van der Waals surface area contributed by atoms with Crippen LogP contribution in [0.3, 0.4) is 0 Å². The van der Waals surface area contributed by atoms with Crippen LogP contribution in [0, 0.1) is 0 Å². The van der Waals surface area contributed by atoms with Crippen molar-refractivity contribution >= 4 is 11.6 Å². The highest BCUT2D eigenvalue weighted by atomic mass is 19.4. The summed E-state index contributed by atoms with van der Waals surface area (Å²) in [5.74, 6) is 0.528. The van der Waals surface area contributed by atoms with Gasteiger partial charge in [0, 0.05) is 5.56 Å². The smallest absolute Gasteiger partial charge is 0.416 e. The largest absolute Gasteiger partial charge is 0.495 e. The molecule has 1 aromatic heterocycles. The predicted molar refractivity (Wildman–Crippen MR) is 107 cm³/mol. The summed E-state index contributed by atoms with van der Waals surface area (Å²) in [6, 6.07) is 11.7. The third kappa shape index (κ3) is 5.82. The van der Waals surface area contributed by atoms with E-state index in [-0.39, 0.29) is 36.3 Å². The maximum absolute atomic E-state index is 12.9. The first kappa shape index (κ1) is 22.3. The van der Waals surface area contributed by atoms with Gasteiger partial charge in [0.2, 0.25) is 17.6 Å². The second-order valence-corrected chi connectivity index (χ2v) is 6.64. The summed E-state index contributed by atoms with van der Waals surface area (Å²) in [7, 11) is 1.51. The molecule has 164 valence electrons. The number of halogens is 3. The average molecular weight is 434 g/mol. The molecule has 0 radical (unpaired) electrons. The molecule has 0 atom stereocenters. The summed E-state index contributed by atoms with van der Waals surface area (Å²) < 4.78 is 49.1. The van der Waals surface area contributed by atoms with E-state index >= 15 is 0 Å². The predicted octanol–water partition coefficient (Wildman–Crippen LogP) is 4.22. The Labute approximate surface area is 176 Å². The number of anilines is 1. The van der Waals surface area contributed by atoms with E-state index in [2.05, 4.69) is 15.5 Å². The lowest BCUT2D eigenvalue weighted by Crippen LogP contribution is -2.33. The zero-order valence-corrected chi connectivity index (χ0v) is 16.9. The molecule has 1 amide bonds. The SMILES string of the molecule is CCN(CC(=O)Nc1ccccc1OC)Cc1nc(-c2cccc(C(F)(F)F)c2)no1. The second-order valence-electron chi connectivity index (χ2n) is 6.64. The normalized spacial score (nSPS) is 11.5. The van der Waals surface area contributed by atoms with Crippen LogP contribution in [0.25, 0.3) is 11.4 Å². The standard InChI is InChI=1S/C21H21F3N4O3/c1-3-28(12-18(29)25-16-9-4-5-10-17(16)30-2)13-19-26-20(27-31-19)14-7-6-8-15(11-14)21(22,23)24/h4-11H,3,12-13H2,1-2H3,(H,25,29). The highest BCUT2D eigenvalue weighted by Crippen LogP contribution is 2.31. The van der Waals surface area contributed by atoms with E-state index in [0.29, 0.717) is 18.0 Å². The van der Waals surface area contributed by atoms with Gasteiger partial charge in [-0.15, -0.1) is 0 Å². The maximum Gasteiger partial charge on any atom is 0.416 e. The lowest BCUT2D eigenvalue weighted by Gasteiger charge is -2.18. The van der Waals surface area contributed by atoms with Gasteiger partial charge in [0.1, 0.15) is 5.75 Å². The number of benzene rings is 2. The number of methoxy groups -OCH3 is 1. The zero-order chi connectivity index (χ0) is 22.4. The molecule has 0 fully saturated rings. The number of alkyl halides is 3. The Hall–Kier alpha value is -3.40. The van der Waals surface area contributed by atoms with Gasteiger partial charge in [-0.25, -0.2) is 0 Å². The fourth-order valence-electron chi connectivity index (χ4n) is 2.88. The van der Waals surface area contributed by atoms with Gasteiger partial charge < -0.3 is 14.6 Å². The van der Waals surface area contributed by atoms with E-state index in [4.69, 9.17) is 9.26 Å². The first-order valence-electron chi connectivity index (χ1n) is 9.45. The minimum absolute atomic E-state index is 0.0514. The van der Waals surface area contributed by atoms with Crippen molar-refractivity contribution in [2.45, 2.75) is 19.6 Å². The van der Waals surface area contributed by atoms with Crippen molar-refractivity contribution in [1.29, 1.82) is 0 Å². The summed E-state index contributed by atoms with van der Waals surface area (Å²) >= 11 is 0. The molecule has 0 spiro atoms. The van der Waals surface area contributed by atoms with Gasteiger partial charge in [0.25, 0.3) is 0 Å². The van der Waals surface area contributed by atoms with Crippen molar-refractivity contribution in [1.82, 2.24) is 15.0 Å². The number of nitrogens with one attached hydrogen (secondary N) is 1. The summed E-state index contributed by atoms with van der Waals surface area (Å²) in [5.41, 5.74) is -0.0444. The van der Waals surface area contributed by atoms with Gasteiger partial charge in [-0.05, 0) is 30.8 Å². The molecule has 0 aliphatic carbocycles. The van der Waals surface area contributed by atoms with Crippen LogP contribution in [0.5, 0.6) is 5.75 Å². The molecule has 0 unspecified atom stereocenters. The van der Waals surface area contributed by atoms with Crippen LogP contribution in [0.4, 0.5) is 18.9 Å².